The Hall–Kier alpha value is -3.89. The van der Waals surface area contributed by atoms with E-state index in [1.54, 1.807) is 0 Å². The molecule has 0 N–H and O–H groups in total. The summed E-state index contributed by atoms with van der Waals surface area (Å²) in [5.41, 5.74) is 5.59. The molecule has 188 valence electrons. The SMILES string of the molecule is C=CC[SiH2]C(c1ccccc1)(c1ccccc1)n1ccnc1.c1ccc(B(c2ccccc2)C2CC2)cc1. The number of nitrogens with zero attached hydrogens (tertiary/aromatic N) is 2. The molecule has 1 aliphatic rings. The minimum absolute atomic E-state index is 0.118. The van der Waals surface area contributed by atoms with Gasteiger partial charge in [0.2, 0.25) is 6.71 Å². The maximum absolute atomic E-state index is 4.31. The number of allylic oxidation sites excluding steroid dienone is 1. The molecule has 1 aromatic heterocycles. The molecule has 4 heteroatoms. The van der Waals surface area contributed by atoms with E-state index in [2.05, 4.69) is 144 Å². The fourth-order valence-electron chi connectivity index (χ4n) is 5.59. The van der Waals surface area contributed by atoms with Crippen LogP contribution in [0.5, 0.6) is 0 Å². The maximum Gasteiger partial charge on any atom is 0.212 e. The Kier molecular flexibility index (Phi) is 8.52. The minimum Gasteiger partial charge on any atom is -0.327 e. The van der Waals surface area contributed by atoms with Crippen LogP contribution in [0.1, 0.15) is 24.0 Å². The van der Waals surface area contributed by atoms with Crippen LogP contribution in [0, 0.1) is 0 Å². The molecular weight excluding hydrogens is 475 g/mol. The standard InChI is InChI=1S/C19H20N2Si.C15H15B/c1-2-15-22-19(21-14-13-20-16-21,17-9-5-3-6-10-17)18-11-7-4-8-12-18;1-3-7-13(8-4-1)16(15-11-12-15)14-9-5-2-6-10-14/h2-14,16H,1,15,22H2;1-10,15H,11-12H2. The molecule has 6 rings (SSSR count). The zero-order chi connectivity index (χ0) is 26.0. The summed E-state index contributed by atoms with van der Waals surface area (Å²) in [5, 5.41) is -0.118. The van der Waals surface area contributed by atoms with E-state index in [1.807, 2.05) is 18.6 Å². The monoisotopic (exact) mass is 510 g/mol. The summed E-state index contributed by atoms with van der Waals surface area (Å²) < 4.78 is 2.27. The van der Waals surface area contributed by atoms with Crippen LogP contribution in [-0.2, 0) is 5.16 Å². The molecule has 0 bridgehead atoms. The van der Waals surface area contributed by atoms with Crippen molar-refractivity contribution in [1.82, 2.24) is 9.55 Å². The first-order chi connectivity index (χ1) is 18.8. The molecule has 0 saturated heterocycles. The Balaban J connectivity index is 0.000000162. The van der Waals surface area contributed by atoms with Crippen LogP contribution in [0.25, 0.3) is 0 Å². The molecule has 0 unspecified atom stereocenters. The molecule has 4 aromatic carbocycles. The van der Waals surface area contributed by atoms with Crippen LogP contribution in [0.3, 0.4) is 0 Å². The van der Waals surface area contributed by atoms with Crippen molar-refractivity contribution < 1.29 is 0 Å². The molecule has 0 atom stereocenters. The lowest BCUT2D eigenvalue weighted by atomic mass is 9.37. The Labute approximate surface area is 230 Å². The van der Waals surface area contributed by atoms with Gasteiger partial charge in [-0.25, -0.2) is 4.98 Å². The van der Waals surface area contributed by atoms with E-state index < -0.39 is 9.52 Å². The molecule has 1 saturated carbocycles. The summed E-state index contributed by atoms with van der Waals surface area (Å²) in [5.74, 6) is 0.866. The summed E-state index contributed by atoms with van der Waals surface area (Å²) in [6.45, 7) is 4.56. The number of imidazole rings is 1. The van der Waals surface area contributed by atoms with E-state index in [0.717, 1.165) is 11.9 Å². The van der Waals surface area contributed by atoms with Gasteiger partial charge in [0.15, 0.2) is 0 Å². The lowest BCUT2D eigenvalue weighted by Crippen LogP contribution is -2.42. The van der Waals surface area contributed by atoms with E-state index in [-0.39, 0.29) is 5.16 Å². The topological polar surface area (TPSA) is 17.8 Å². The summed E-state index contributed by atoms with van der Waals surface area (Å²) in [7, 11) is -0.542. The number of aromatic nitrogens is 2. The maximum atomic E-state index is 4.31. The van der Waals surface area contributed by atoms with E-state index in [4.69, 9.17) is 0 Å². The van der Waals surface area contributed by atoms with Gasteiger partial charge in [-0.05, 0) is 17.2 Å². The molecule has 0 aliphatic heterocycles. The lowest BCUT2D eigenvalue weighted by molar-refractivity contribution is 0.592. The fourth-order valence-corrected chi connectivity index (χ4v) is 7.71. The van der Waals surface area contributed by atoms with Gasteiger partial charge in [0, 0.05) is 12.4 Å². The Morgan fingerprint density at radius 3 is 1.63 bits per heavy atom. The molecule has 38 heavy (non-hydrogen) atoms. The van der Waals surface area contributed by atoms with Crippen LogP contribution >= 0.6 is 0 Å². The summed E-state index contributed by atoms with van der Waals surface area (Å²) in [4.78, 5) is 4.31. The number of rotatable bonds is 9. The highest BCUT2D eigenvalue weighted by Gasteiger charge is 2.36. The van der Waals surface area contributed by atoms with Gasteiger partial charge < -0.3 is 4.57 Å². The number of hydrogen-bond acceptors (Lipinski definition) is 1. The Morgan fingerprint density at radius 1 is 0.763 bits per heavy atom. The summed E-state index contributed by atoms with van der Waals surface area (Å²) in [6, 6.07) is 44.4. The summed E-state index contributed by atoms with van der Waals surface area (Å²) in [6.07, 6.45) is 10.7. The van der Waals surface area contributed by atoms with Crippen molar-refractivity contribution in [3.05, 3.63) is 164 Å². The van der Waals surface area contributed by atoms with E-state index in [9.17, 15) is 0 Å². The molecule has 0 spiro atoms. The molecule has 1 heterocycles. The molecular formula is C34H35BN2Si. The third-order valence-electron chi connectivity index (χ3n) is 7.57. The molecule has 1 fully saturated rings. The van der Waals surface area contributed by atoms with Gasteiger partial charge in [0.1, 0.15) is 0 Å². The highest BCUT2D eigenvalue weighted by atomic mass is 28.2. The quantitative estimate of drug-likeness (QED) is 0.179. The molecule has 1 aliphatic carbocycles. The van der Waals surface area contributed by atoms with Crippen molar-refractivity contribution >= 4 is 27.2 Å². The molecule has 0 amide bonds. The molecule has 5 aromatic rings. The Morgan fingerprint density at radius 2 is 1.24 bits per heavy atom. The van der Waals surface area contributed by atoms with Crippen LogP contribution < -0.4 is 10.9 Å². The molecule has 0 radical (unpaired) electrons. The third-order valence-corrected chi connectivity index (χ3v) is 10.2. The normalized spacial score (nSPS) is 13.1. The van der Waals surface area contributed by atoms with Crippen LogP contribution in [0.15, 0.2) is 153 Å². The second kappa shape index (κ2) is 12.6. The van der Waals surface area contributed by atoms with Crippen LogP contribution in [-0.4, -0.2) is 25.8 Å². The van der Waals surface area contributed by atoms with Crippen molar-refractivity contribution in [2.45, 2.75) is 29.9 Å². The van der Waals surface area contributed by atoms with E-state index in [1.165, 1.54) is 34.9 Å². The smallest absolute Gasteiger partial charge is 0.212 e. The zero-order valence-electron chi connectivity index (χ0n) is 21.9. The first kappa shape index (κ1) is 25.7. The first-order valence-corrected chi connectivity index (χ1v) is 15.3. The third kappa shape index (κ3) is 5.81. The highest BCUT2D eigenvalue weighted by molar-refractivity contribution is 6.86. The zero-order valence-corrected chi connectivity index (χ0v) is 23.4. The van der Waals surface area contributed by atoms with Gasteiger partial charge in [0.25, 0.3) is 0 Å². The van der Waals surface area contributed by atoms with Crippen molar-refractivity contribution in [2.24, 2.45) is 0 Å². The predicted molar refractivity (Wildman–Crippen MR) is 166 cm³/mol. The van der Waals surface area contributed by atoms with Crippen LogP contribution in [0.4, 0.5) is 0 Å². The van der Waals surface area contributed by atoms with Gasteiger partial charge >= 0.3 is 0 Å². The number of benzene rings is 4. The average Bonchev–Trinajstić information content (AvgIpc) is 3.67. The van der Waals surface area contributed by atoms with Crippen molar-refractivity contribution in [1.29, 1.82) is 0 Å². The first-order valence-electron chi connectivity index (χ1n) is 13.6. The lowest BCUT2D eigenvalue weighted by Gasteiger charge is -2.36. The van der Waals surface area contributed by atoms with Gasteiger partial charge in [0.05, 0.1) is 21.0 Å². The van der Waals surface area contributed by atoms with Crippen molar-refractivity contribution in [2.75, 3.05) is 0 Å². The van der Waals surface area contributed by atoms with E-state index in [0.29, 0.717) is 6.71 Å². The fraction of sp³-hybridized carbons (Fsp3) is 0.147. The van der Waals surface area contributed by atoms with Crippen molar-refractivity contribution in [3.8, 4) is 0 Å². The highest BCUT2D eigenvalue weighted by Crippen LogP contribution is 2.38. The van der Waals surface area contributed by atoms with Crippen molar-refractivity contribution in [3.63, 3.8) is 0 Å². The van der Waals surface area contributed by atoms with Gasteiger partial charge in [-0.2, -0.15) is 0 Å². The van der Waals surface area contributed by atoms with Crippen LogP contribution in [0.2, 0.25) is 11.9 Å². The average molecular weight is 511 g/mol. The van der Waals surface area contributed by atoms with Gasteiger partial charge in [-0.1, -0.05) is 157 Å². The second-order valence-electron chi connectivity index (χ2n) is 10.0. The van der Waals surface area contributed by atoms with Gasteiger partial charge in [-0.15, -0.1) is 6.58 Å². The predicted octanol–water partition coefficient (Wildman–Crippen LogP) is 5.87. The molecule has 2 nitrogen and oxygen atoms in total. The Bertz CT molecular complexity index is 1290. The summed E-state index contributed by atoms with van der Waals surface area (Å²) >= 11 is 0. The number of hydrogen-bond donors (Lipinski definition) is 0. The largest absolute Gasteiger partial charge is 0.327 e. The van der Waals surface area contributed by atoms with E-state index >= 15 is 0 Å². The van der Waals surface area contributed by atoms with Gasteiger partial charge in [-0.3, -0.25) is 0 Å². The second-order valence-corrected chi connectivity index (χ2v) is 12.1. The minimum atomic E-state index is -0.542.